The van der Waals surface area contributed by atoms with Gasteiger partial charge in [-0.05, 0) is 35.3 Å². The van der Waals surface area contributed by atoms with Crippen LogP contribution in [-0.2, 0) is 11.2 Å². The highest BCUT2D eigenvalue weighted by Crippen LogP contribution is 2.35. The summed E-state index contributed by atoms with van der Waals surface area (Å²) in [5.41, 5.74) is 0.785. The van der Waals surface area contributed by atoms with Crippen LogP contribution in [0.5, 0.6) is 0 Å². The maximum Gasteiger partial charge on any atom is 0.331 e. The number of nitrogens with zero attached hydrogens (tertiary/aromatic N) is 2. The van der Waals surface area contributed by atoms with Crippen molar-refractivity contribution in [2.24, 2.45) is 11.8 Å². The van der Waals surface area contributed by atoms with Crippen molar-refractivity contribution in [1.29, 1.82) is 0 Å². The summed E-state index contributed by atoms with van der Waals surface area (Å²) in [6, 6.07) is 0.877. The largest absolute Gasteiger partial charge is 0.479 e. The van der Waals surface area contributed by atoms with Gasteiger partial charge in [-0.1, -0.05) is 13.8 Å². The van der Waals surface area contributed by atoms with Gasteiger partial charge < -0.3 is 14.9 Å². The molecule has 1 fully saturated rings. The second kappa shape index (κ2) is 5.33. The monoisotopic (exact) mass is 308 g/mol. The first kappa shape index (κ1) is 14.4. The summed E-state index contributed by atoms with van der Waals surface area (Å²) in [5.74, 6) is 0.000415. The van der Waals surface area contributed by atoms with Crippen molar-refractivity contribution >= 4 is 23.3 Å². The summed E-state index contributed by atoms with van der Waals surface area (Å²) < 4.78 is 0. The van der Waals surface area contributed by atoms with E-state index in [0.717, 1.165) is 30.0 Å². The highest BCUT2D eigenvalue weighted by molar-refractivity contribution is 7.10. The van der Waals surface area contributed by atoms with Crippen LogP contribution in [0.2, 0.25) is 0 Å². The van der Waals surface area contributed by atoms with Gasteiger partial charge in [0, 0.05) is 24.5 Å². The zero-order chi connectivity index (χ0) is 15.1. The number of carbonyl (C=O) groups excluding carboxylic acids is 1. The Morgan fingerprint density at radius 3 is 2.57 bits per heavy atom. The summed E-state index contributed by atoms with van der Waals surface area (Å²) in [6.45, 7) is 6.21. The normalized spacial score (nSPS) is 28.6. The molecule has 0 radical (unpaired) electrons. The summed E-state index contributed by atoms with van der Waals surface area (Å²) >= 11 is 1.58. The minimum atomic E-state index is -0.942. The van der Waals surface area contributed by atoms with Gasteiger partial charge in [0.1, 0.15) is 0 Å². The van der Waals surface area contributed by atoms with E-state index in [0.29, 0.717) is 18.4 Å². The third-order valence-corrected chi connectivity index (χ3v) is 5.70. The van der Waals surface area contributed by atoms with Gasteiger partial charge in [0.15, 0.2) is 6.04 Å². The van der Waals surface area contributed by atoms with Crippen molar-refractivity contribution in [3.63, 3.8) is 0 Å². The van der Waals surface area contributed by atoms with E-state index in [-0.39, 0.29) is 6.03 Å². The molecule has 3 unspecified atom stereocenters. The molecule has 0 saturated carbocycles. The van der Waals surface area contributed by atoms with E-state index in [1.807, 2.05) is 16.3 Å². The molecular weight excluding hydrogens is 288 g/mol. The van der Waals surface area contributed by atoms with Crippen LogP contribution in [-0.4, -0.2) is 46.5 Å². The predicted molar refractivity (Wildman–Crippen MR) is 80.4 cm³/mol. The number of hydrogen-bond acceptors (Lipinski definition) is 3. The molecule has 0 spiro atoms. The molecule has 1 aromatic heterocycles. The van der Waals surface area contributed by atoms with Crippen molar-refractivity contribution in [1.82, 2.24) is 9.80 Å². The number of aliphatic carboxylic acids is 1. The molecule has 2 aliphatic rings. The molecule has 2 amide bonds. The fraction of sp³-hybridized carbons (Fsp3) is 0.600. The quantitative estimate of drug-likeness (QED) is 0.867. The van der Waals surface area contributed by atoms with Gasteiger partial charge in [-0.25, -0.2) is 9.59 Å². The van der Waals surface area contributed by atoms with Gasteiger partial charge in [0.2, 0.25) is 0 Å². The van der Waals surface area contributed by atoms with E-state index in [4.69, 9.17) is 0 Å². The predicted octanol–water partition coefficient (Wildman–Crippen LogP) is 2.44. The third-order valence-electron chi connectivity index (χ3n) is 4.70. The summed E-state index contributed by atoms with van der Waals surface area (Å²) in [6.07, 6.45) is 0.751. The number of urea groups is 1. The van der Waals surface area contributed by atoms with Gasteiger partial charge in [-0.2, -0.15) is 0 Å². The summed E-state index contributed by atoms with van der Waals surface area (Å²) in [4.78, 5) is 28.8. The molecule has 5 nitrogen and oxygen atoms in total. The first-order valence-corrected chi connectivity index (χ1v) is 8.21. The Labute approximate surface area is 128 Å². The number of carboxylic acid groups (broad SMARTS) is 1. The Morgan fingerprint density at radius 1 is 1.29 bits per heavy atom. The van der Waals surface area contributed by atoms with Crippen LogP contribution in [0.25, 0.3) is 0 Å². The zero-order valence-corrected chi connectivity index (χ0v) is 13.1. The molecule has 3 atom stereocenters. The summed E-state index contributed by atoms with van der Waals surface area (Å²) in [7, 11) is 0. The molecule has 1 aromatic rings. The minimum Gasteiger partial charge on any atom is -0.479 e. The lowest BCUT2D eigenvalue weighted by Gasteiger charge is -2.35. The fourth-order valence-electron chi connectivity index (χ4n) is 3.26. The number of carbonyl (C=O) groups is 2. The van der Waals surface area contributed by atoms with E-state index in [2.05, 4.69) is 13.8 Å². The molecule has 2 aliphatic heterocycles. The minimum absolute atomic E-state index is 0.129. The first-order chi connectivity index (χ1) is 9.99. The highest BCUT2D eigenvalue weighted by Gasteiger charge is 2.40. The fourth-order valence-corrected chi connectivity index (χ4v) is 4.16. The van der Waals surface area contributed by atoms with Gasteiger partial charge in [0.05, 0.1) is 0 Å². The lowest BCUT2D eigenvalue weighted by atomic mass is 10.0. The lowest BCUT2D eigenvalue weighted by Crippen LogP contribution is -2.49. The van der Waals surface area contributed by atoms with Gasteiger partial charge in [0.25, 0.3) is 0 Å². The molecule has 3 heterocycles. The Morgan fingerprint density at radius 2 is 1.95 bits per heavy atom. The Balaban J connectivity index is 1.85. The Bertz CT molecular complexity index is 561. The van der Waals surface area contributed by atoms with E-state index >= 15 is 0 Å². The number of carboxylic acids is 1. The molecule has 6 heteroatoms. The van der Waals surface area contributed by atoms with Gasteiger partial charge in [-0.3, -0.25) is 0 Å². The number of amides is 2. The van der Waals surface area contributed by atoms with Crippen LogP contribution < -0.4 is 0 Å². The van der Waals surface area contributed by atoms with Crippen molar-refractivity contribution in [2.45, 2.75) is 26.3 Å². The molecule has 0 aromatic carbocycles. The molecule has 21 heavy (non-hydrogen) atoms. The lowest BCUT2D eigenvalue weighted by molar-refractivity contribution is -0.143. The maximum absolute atomic E-state index is 12.7. The summed E-state index contributed by atoms with van der Waals surface area (Å²) in [5, 5.41) is 11.5. The van der Waals surface area contributed by atoms with Gasteiger partial charge >= 0.3 is 12.0 Å². The average Bonchev–Trinajstić information content (AvgIpc) is 3.03. The highest BCUT2D eigenvalue weighted by atomic mass is 32.1. The van der Waals surface area contributed by atoms with Crippen molar-refractivity contribution in [2.75, 3.05) is 19.6 Å². The van der Waals surface area contributed by atoms with E-state index < -0.39 is 12.0 Å². The Hall–Kier alpha value is -1.56. The van der Waals surface area contributed by atoms with Crippen LogP contribution in [0.15, 0.2) is 11.4 Å². The van der Waals surface area contributed by atoms with Crippen LogP contribution >= 0.6 is 11.3 Å². The molecule has 0 bridgehead atoms. The number of rotatable bonds is 1. The number of thiophene rings is 1. The Kier molecular flexibility index (Phi) is 3.65. The van der Waals surface area contributed by atoms with Crippen LogP contribution in [0.3, 0.4) is 0 Å². The van der Waals surface area contributed by atoms with E-state index in [9.17, 15) is 14.7 Å². The number of hydrogen-bond donors (Lipinski definition) is 1. The zero-order valence-electron chi connectivity index (χ0n) is 12.3. The standard InChI is InChI=1S/C15H20N2O3S/c1-9-7-16(8-10(9)2)15(20)17-5-3-12-11(4-6-21-12)13(17)14(18)19/h4,6,9-10,13H,3,5,7-8H2,1-2H3,(H,18,19). The third kappa shape index (κ3) is 2.41. The van der Waals surface area contributed by atoms with Crippen molar-refractivity contribution < 1.29 is 14.7 Å². The molecule has 0 aliphatic carbocycles. The van der Waals surface area contributed by atoms with Gasteiger partial charge in [-0.15, -0.1) is 11.3 Å². The molecule has 114 valence electrons. The number of fused-ring (bicyclic) bond motifs is 1. The first-order valence-electron chi connectivity index (χ1n) is 7.33. The van der Waals surface area contributed by atoms with E-state index in [1.54, 1.807) is 11.3 Å². The second-order valence-electron chi connectivity index (χ2n) is 6.13. The maximum atomic E-state index is 12.7. The number of likely N-dealkylation sites (tertiary alicyclic amines) is 1. The second-order valence-corrected chi connectivity index (χ2v) is 7.13. The van der Waals surface area contributed by atoms with Crippen molar-refractivity contribution in [3.8, 4) is 0 Å². The molecule has 1 saturated heterocycles. The van der Waals surface area contributed by atoms with Crippen LogP contribution in [0.1, 0.15) is 30.3 Å². The van der Waals surface area contributed by atoms with Crippen LogP contribution in [0, 0.1) is 11.8 Å². The van der Waals surface area contributed by atoms with Crippen LogP contribution in [0.4, 0.5) is 4.79 Å². The molecule has 1 N–H and O–H groups in total. The average molecular weight is 308 g/mol. The molecular formula is C15H20N2O3S. The smallest absolute Gasteiger partial charge is 0.331 e. The topological polar surface area (TPSA) is 60.9 Å². The molecule has 3 rings (SSSR count). The van der Waals surface area contributed by atoms with E-state index in [1.165, 1.54) is 4.90 Å². The van der Waals surface area contributed by atoms with Crippen molar-refractivity contribution in [3.05, 3.63) is 21.9 Å². The SMILES string of the molecule is CC1CN(C(=O)N2CCc3sccc3C2C(=O)O)CC1C.